The number of esters is 1. The van der Waals surface area contributed by atoms with E-state index < -0.39 is 12.0 Å². The number of carbonyl (C=O) groups is 2. The van der Waals surface area contributed by atoms with Gasteiger partial charge in [-0.05, 0) is 12.5 Å². The molecule has 1 aliphatic rings. The molecule has 0 aromatic carbocycles. The molecule has 0 spiro atoms. The number of carbonyl (C=O) groups excluding carboxylic acids is 2. The summed E-state index contributed by atoms with van der Waals surface area (Å²) in [6.07, 6.45) is 4.44. The molecule has 1 aliphatic carbocycles. The number of rotatable bonds is 6. The molecule has 0 fully saturated rings. The van der Waals surface area contributed by atoms with Crippen molar-refractivity contribution in [2.75, 3.05) is 7.11 Å². The zero-order valence-corrected chi connectivity index (χ0v) is 10.4. The number of hydrogen-bond acceptors (Lipinski definition) is 4. The van der Waals surface area contributed by atoms with Crippen LogP contribution < -0.4 is 0 Å². The fourth-order valence-electron chi connectivity index (χ4n) is 2.12. The standard InChI is InChI=1S/C13H20O4/c1-3-4-5-6-10(13(16)17-2)11-7-9(14)8-12(11)15/h7,9-10,14H,3-6,8H2,1-2H3. The van der Waals surface area contributed by atoms with Crippen molar-refractivity contribution in [2.24, 2.45) is 5.92 Å². The summed E-state index contributed by atoms with van der Waals surface area (Å²) < 4.78 is 4.73. The van der Waals surface area contributed by atoms with E-state index in [4.69, 9.17) is 4.74 Å². The summed E-state index contributed by atoms with van der Waals surface area (Å²) in [5.41, 5.74) is 0.431. The highest BCUT2D eigenvalue weighted by molar-refractivity contribution is 6.02. The van der Waals surface area contributed by atoms with Gasteiger partial charge in [0.15, 0.2) is 5.78 Å². The maximum atomic E-state index is 11.6. The van der Waals surface area contributed by atoms with Gasteiger partial charge in [-0.15, -0.1) is 0 Å². The summed E-state index contributed by atoms with van der Waals surface area (Å²) >= 11 is 0. The minimum Gasteiger partial charge on any atom is -0.469 e. The molecule has 0 aliphatic heterocycles. The second-order valence-corrected chi connectivity index (χ2v) is 4.39. The lowest BCUT2D eigenvalue weighted by Crippen LogP contribution is -2.21. The first-order valence-corrected chi connectivity index (χ1v) is 6.11. The van der Waals surface area contributed by atoms with Crippen molar-refractivity contribution in [1.82, 2.24) is 0 Å². The van der Waals surface area contributed by atoms with Gasteiger partial charge in [0.1, 0.15) is 0 Å². The van der Waals surface area contributed by atoms with Crippen LogP contribution in [0.25, 0.3) is 0 Å². The van der Waals surface area contributed by atoms with Crippen molar-refractivity contribution in [3.05, 3.63) is 11.6 Å². The lowest BCUT2D eigenvalue weighted by atomic mass is 9.92. The molecule has 0 saturated carbocycles. The Morgan fingerprint density at radius 3 is 2.76 bits per heavy atom. The van der Waals surface area contributed by atoms with Gasteiger partial charge in [0.25, 0.3) is 0 Å². The Bertz CT molecular complexity index is 319. The molecule has 2 atom stereocenters. The summed E-state index contributed by atoms with van der Waals surface area (Å²) in [5.74, 6) is -1.02. The molecule has 17 heavy (non-hydrogen) atoms. The number of aliphatic hydroxyl groups excluding tert-OH is 1. The summed E-state index contributed by atoms with van der Waals surface area (Å²) in [7, 11) is 1.32. The number of ketones is 1. The van der Waals surface area contributed by atoms with Crippen LogP contribution in [0.5, 0.6) is 0 Å². The van der Waals surface area contributed by atoms with Crippen LogP contribution in [-0.2, 0) is 14.3 Å². The van der Waals surface area contributed by atoms with Crippen LogP contribution in [0.1, 0.15) is 39.0 Å². The maximum Gasteiger partial charge on any atom is 0.313 e. The SMILES string of the molecule is CCCCCC(C(=O)OC)C1=CC(O)CC1=O. The van der Waals surface area contributed by atoms with Gasteiger partial charge >= 0.3 is 5.97 Å². The first kappa shape index (κ1) is 13.9. The summed E-state index contributed by atoms with van der Waals surface area (Å²) in [4.78, 5) is 23.3. The van der Waals surface area contributed by atoms with E-state index in [1.807, 2.05) is 0 Å². The summed E-state index contributed by atoms with van der Waals surface area (Å²) in [5, 5.41) is 9.40. The normalized spacial score (nSPS) is 21.2. The minimum atomic E-state index is -0.740. The van der Waals surface area contributed by atoms with E-state index in [2.05, 4.69) is 6.92 Å². The highest BCUT2D eigenvalue weighted by atomic mass is 16.5. The van der Waals surface area contributed by atoms with Gasteiger partial charge in [-0.3, -0.25) is 9.59 Å². The topological polar surface area (TPSA) is 63.6 Å². The van der Waals surface area contributed by atoms with Gasteiger partial charge in [0.2, 0.25) is 0 Å². The Kier molecular flexibility index (Phi) is 5.35. The van der Waals surface area contributed by atoms with Crippen LogP contribution in [0.2, 0.25) is 0 Å². The molecule has 1 N–H and O–H groups in total. The van der Waals surface area contributed by atoms with Crippen molar-refractivity contribution >= 4 is 11.8 Å². The Hall–Kier alpha value is -1.16. The van der Waals surface area contributed by atoms with Gasteiger partial charge in [-0.2, -0.15) is 0 Å². The zero-order chi connectivity index (χ0) is 12.8. The van der Waals surface area contributed by atoms with E-state index in [-0.39, 0.29) is 18.2 Å². The van der Waals surface area contributed by atoms with E-state index in [1.165, 1.54) is 13.2 Å². The number of methoxy groups -OCH3 is 1. The van der Waals surface area contributed by atoms with Gasteiger partial charge in [-0.25, -0.2) is 0 Å². The zero-order valence-electron chi connectivity index (χ0n) is 10.4. The Labute approximate surface area is 102 Å². The number of aliphatic hydroxyl groups is 1. The molecular weight excluding hydrogens is 220 g/mol. The summed E-state index contributed by atoms with van der Waals surface area (Å²) in [6.45, 7) is 2.08. The first-order chi connectivity index (χ1) is 8.10. The maximum absolute atomic E-state index is 11.6. The molecule has 0 radical (unpaired) electrons. The van der Waals surface area contributed by atoms with Crippen molar-refractivity contribution in [3.63, 3.8) is 0 Å². The van der Waals surface area contributed by atoms with E-state index in [9.17, 15) is 14.7 Å². The lowest BCUT2D eigenvalue weighted by molar-refractivity contribution is -0.145. The van der Waals surface area contributed by atoms with Gasteiger partial charge in [0, 0.05) is 12.0 Å². The molecule has 0 heterocycles. The molecule has 4 nitrogen and oxygen atoms in total. The average molecular weight is 240 g/mol. The van der Waals surface area contributed by atoms with Crippen molar-refractivity contribution < 1.29 is 19.4 Å². The summed E-state index contributed by atoms with van der Waals surface area (Å²) in [6, 6.07) is 0. The van der Waals surface area contributed by atoms with E-state index >= 15 is 0 Å². The fraction of sp³-hybridized carbons (Fsp3) is 0.692. The highest BCUT2D eigenvalue weighted by Crippen LogP contribution is 2.27. The first-order valence-electron chi connectivity index (χ1n) is 6.11. The monoisotopic (exact) mass is 240 g/mol. The third kappa shape index (κ3) is 3.66. The predicted octanol–water partition coefficient (Wildman–Crippen LogP) is 1.62. The Balaban J connectivity index is 2.72. The minimum absolute atomic E-state index is 0.0939. The van der Waals surface area contributed by atoms with E-state index in [0.29, 0.717) is 12.0 Å². The highest BCUT2D eigenvalue weighted by Gasteiger charge is 2.32. The van der Waals surface area contributed by atoms with Crippen LogP contribution in [0.15, 0.2) is 11.6 Å². The fourth-order valence-corrected chi connectivity index (χ4v) is 2.12. The van der Waals surface area contributed by atoms with Crippen LogP contribution in [0.4, 0.5) is 0 Å². The third-order valence-electron chi connectivity index (χ3n) is 3.05. The molecule has 1 rings (SSSR count). The van der Waals surface area contributed by atoms with E-state index in [1.54, 1.807) is 0 Å². The molecule has 0 amide bonds. The van der Waals surface area contributed by atoms with Gasteiger partial charge in [0.05, 0.1) is 19.1 Å². The molecule has 4 heteroatoms. The van der Waals surface area contributed by atoms with Crippen LogP contribution >= 0.6 is 0 Å². The van der Waals surface area contributed by atoms with Gasteiger partial charge in [-0.1, -0.05) is 26.2 Å². The molecule has 96 valence electrons. The number of Topliss-reactive ketones (excluding diaryl/α,β-unsaturated/α-hetero) is 1. The second kappa shape index (κ2) is 6.55. The number of hydrogen-bond donors (Lipinski definition) is 1. The Morgan fingerprint density at radius 1 is 1.59 bits per heavy atom. The van der Waals surface area contributed by atoms with Crippen LogP contribution in [0, 0.1) is 5.92 Å². The van der Waals surface area contributed by atoms with Crippen molar-refractivity contribution in [1.29, 1.82) is 0 Å². The predicted molar refractivity (Wildman–Crippen MR) is 63.4 cm³/mol. The molecule has 0 saturated heterocycles. The average Bonchev–Trinajstić information content (AvgIpc) is 2.63. The van der Waals surface area contributed by atoms with E-state index in [0.717, 1.165) is 19.3 Å². The van der Waals surface area contributed by atoms with Gasteiger partial charge < -0.3 is 9.84 Å². The van der Waals surface area contributed by atoms with Crippen molar-refractivity contribution in [3.8, 4) is 0 Å². The number of unbranched alkanes of at least 4 members (excludes halogenated alkanes) is 2. The smallest absolute Gasteiger partial charge is 0.313 e. The van der Waals surface area contributed by atoms with Crippen molar-refractivity contribution in [2.45, 2.75) is 45.1 Å². The Morgan fingerprint density at radius 2 is 2.29 bits per heavy atom. The molecule has 0 aromatic rings. The third-order valence-corrected chi connectivity index (χ3v) is 3.05. The van der Waals surface area contributed by atoms with Crippen LogP contribution in [0.3, 0.4) is 0 Å². The largest absolute Gasteiger partial charge is 0.469 e. The quantitative estimate of drug-likeness (QED) is 0.566. The molecule has 0 aromatic heterocycles. The second-order valence-electron chi connectivity index (χ2n) is 4.39. The number of ether oxygens (including phenoxy) is 1. The molecule has 2 unspecified atom stereocenters. The molecule has 0 bridgehead atoms. The van der Waals surface area contributed by atoms with Crippen LogP contribution in [-0.4, -0.2) is 30.1 Å². The lowest BCUT2D eigenvalue weighted by Gasteiger charge is -2.14. The molecular formula is C13H20O4.